The van der Waals surface area contributed by atoms with Crippen molar-refractivity contribution in [2.45, 2.75) is 13.8 Å². The first-order valence-corrected chi connectivity index (χ1v) is 8.46. The number of aryl methyl sites for hydroxylation is 2. The van der Waals surface area contributed by atoms with Crippen LogP contribution in [0.2, 0.25) is 5.02 Å². The molecule has 6 heteroatoms. The number of aromatic nitrogens is 3. The number of imidazole rings is 1. The van der Waals surface area contributed by atoms with E-state index in [2.05, 4.69) is 36.3 Å². The van der Waals surface area contributed by atoms with E-state index in [-0.39, 0.29) is 0 Å². The average molecular weight is 340 g/mol. The van der Waals surface area contributed by atoms with E-state index in [1.54, 1.807) is 0 Å². The largest absolute Gasteiger partial charge is 0.284 e. The summed E-state index contributed by atoms with van der Waals surface area (Å²) in [5, 5.41) is 0.684. The molecule has 0 radical (unpaired) electrons. The van der Waals surface area contributed by atoms with Crippen molar-refractivity contribution in [2.75, 3.05) is 0 Å². The molecule has 0 saturated carbocycles. The van der Waals surface area contributed by atoms with E-state index in [4.69, 9.17) is 11.6 Å². The minimum Gasteiger partial charge on any atom is -0.284 e. The van der Waals surface area contributed by atoms with E-state index in [1.165, 1.54) is 0 Å². The molecule has 2 aromatic rings. The smallest absolute Gasteiger partial charge is 0.165 e. The number of rotatable bonds is 1. The summed E-state index contributed by atoms with van der Waals surface area (Å²) in [6.45, 7) is 3.91. The van der Waals surface area contributed by atoms with E-state index in [0.29, 0.717) is 11.4 Å². The Morgan fingerprint density at radius 2 is 2.14 bits per heavy atom. The van der Waals surface area contributed by atoms with E-state index in [0.717, 1.165) is 22.7 Å². The molecule has 0 aliphatic carbocycles. The topological polar surface area (TPSA) is 30.7 Å². The summed E-state index contributed by atoms with van der Waals surface area (Å²) in [6, 6.07) is 1.84. The summed E-state index contributed by atoms with van der Waals surface area (Å²) in [5.41, 5.74) is 2.62. The first-order valence-electron chi connectivity index (χ1n) is 4.02. The molecule has 0 N–H and O–H groups in total. The minimum absolute atomic E-state index is 0.603. The molecule has 0 bridgehead atoms. The van der Waals surface area contributed by atoms with Gasteiger partial charge in [0.1, 0.15) is 11.3 Å². The van der Waals surface area contributed by atoms with Gasteiger partial charge in [0.25, 0.3) is 0 Å². The number of hydrogen-bond donors (Lipinski definition) is 0. The summed E-state index contributed by atoms with van der Waals surface area (Å²) < 4.78 is 2.08. The molecule has 3 nitrogen and oxygen atoms in total. The van der Waals surface area contributed by atoms with Gasteiger partial charge >= 0.3 is 0 Å². The molecule has 0 aliphatic rings. The molecular formula is C8H8ClIN3P. The highest BCUT2D eigenvalue weighted by atomic mass is 127. The third-order valence-corrected chi connectivity index (χ3v) is 4.39. The van der Waals surface area contributed by atoms with Gasteiger partial charge in [0.05, 0.1) is 11.4 Å². The van der Waals surface area contributed by atoms with Gasteiger partial charge in [-0.05, 0) is 42.0 Å². The molecule has 0 aromatic carbocycles. The van der Waals surface area contributed by atoms with Crippen LogP contribution < -0.4 is 0 Å². The Morgan fingerprint density at radius 3 is 2.79 bits per heavy atom. The van der Waals surface area contributed by atoms with Gasteiger partial charge in [-0.2, -0.15) is 0 Å². The van der Waals surface area contributed by atoms with Crippen molar-refractivity contribution < 1.29 is 0 Å². The summed E-state index contributed by atoms with van der Waals surface area (Å²) >= 11 is 8.40. The Morgan fingerprint density at radius 1 is 1.43 bits per heavy atom. The highest BCUT2D eigenvalue weighted by Gasteiger charge is 2.11. The number of fused-ring (bicyclic) bond motifs is 1. The summed E-state index contributed by atoms with van der Waals surface area (Å²) in [6.07, 6.45) is 0.603. The molecule has 1 unspecified atom stereocenters. The van der Waals surface area contributed by atoms with Gasteiger partial charge in [-0.25, -0.2) is 9.97 Å². The Kier molecular flexibility index (Phi) is 2.96. The van der Waals surface area contributed by atoms with Crippen LogP contribution in [0.1, 0.15) is 11.5 Å². The minimum atomic E-state index is 0.603. The number of hydrogen-bond acceptors (Lipinski definition) is 2. The molecule has 0 saturated heterocycles. The molecule has 14 heavy (non-hydrogen) atoms. The van der Waals surface area contributed by atoms with Crippen LogP contribution in [-0.2, 0) is 0 Å². The number of nitrogens with zero attached hydrogens (tertiary/aromatic N) is 3. The van der Waals surface area contributed by atoms with Crippen LogP contribution in [0, 0.1) is 13.8 Å². The second-order valence-electron chi connectivity index (χ2n) is 3.00. The van der Waals surface area contributed by atoms with E-state index in [9.17, 15) is 0 Å². The molecule has 2 rings (SSSR count). The van der Waals surface area contributed by atoms with Gasteiger partial charge in [0, 0.05) is 5.69 Å². The number of pyridine rings is 1. The molecular weight excluding hydrogens is 331 g/mol. The lowest BCUT2D eigenvalue weighted by atomic mass is 10.3. The summed E-state index contributed by atoms with van der Waals surface area (Å²) in [5.74, 6) is 0.965. The lowest BCUT2D eigenvalue weighted by Gasteiger charge is -2.00. The van der Waals surface area contributed by atoms with Crippen molar-refractivity contribution >= 4 is 51.2 Å². The predicted octanol–water partition coefficient (Wildman–Crippen LogP) is 3.49. The fraction of sp³-hybridized carbons (Fsp3) is 0.250. The second-order valence-corrected chi connectivity index (χ2v) is 5.47. The molecule has 0 fully saturated rings. The van der Waals surface area contributed by atoms with E-state index >= 15 is 0 Å². The van der Waals surface area contributed by atoms with Crippen molar-refractivity contribution in [3.05, 3.63) is 22.6 Å². The van der Waals surface area contributed by atoms with Crippen LogP contribution in [0.3, 0.4) is 0 Å². The Labute approximate surface area is 102 Å². The number of halogens is 2. The normalized spacial score (nSPS) is 12.0. The quantitative estimate of drug-likeness (QED) is 0.588. The van der Waals surface area contributed by atoms with Crippen molar-refractivity contribution in [1.29, 1.82) is 0 Å². The van der Waals surface area contributed by atoms with E-state index in [1.807, 2.05) is 19.9 Å². The zero-order chi connectivity index (χ0) is 10.3. The molecule has 0 spiro atoms. The monoisotopic (exact) mass is 339 g/mol. The van der Waals surface area contributed by atoms with Crippen molar-refractivity contribution in [3.63, 3.8) is 0 Å². The van der Waals surface area contributed by atoms with E-state index < -0.39 is 0 Å². The van der Waals surface area contributed by atoms with Gasteiger partial charge in [-0.3, -0.25) is 4.34 Å². The van der Waals surface area contributed by atoms with Crippen molar-refractivity contribution in [3.8, 4) is 0 Å². The van der Waals surface area contributed by atoms with Crippen LogP contribution in [0.4, 0.5) is 0 Å². The Balaban J connectivity index is 2.87. The van der Waals surface area contributed by atoms with Gasteiger partial charge in [-0.1, -0.05) is 11.6 Å². The molecule has 74 valence electrons. The summed E-state index contributed by atoms with van der Waals surface area (Å²) in [7, 11) is 0. The van der Waals surface area contributed by atoms with Crippen molar-refractivity contribution in [1.82, 2.24) is 14.3 Å². The summed E-state index contributed by atoms with van der Waals surface area (Å²) in [4.78, 5) is 8.84. The van der Waals surface area contributed by atoms with Gasteiger partial charge in [0.2, 0.25) is 0 Å². The third kappa shape index (κ3) is 1.64. The molecule has 0 aliphatic heterocycles. The fourth-order valence-corrected chi connectivity index (χ4v) is 3.76. The molecule has 1 atom stereocenters. The zero-order valence-electron chi connectivity index (χ0n) is 7.67. The van der Waals surface area contributed by atoms with Crippen LogP contribution in [0.15, 0.2) is 6.07 Å². The standard InChI is InChI=1S/C8H8ClIN3P/c1-4-3-6(9)7-8(11-4)13(14-10)5(2)12-7/h3,14H,1-2H3. The Bertz CT molecular complexity index is 497. The molecule has 0 amide bonds. The maximum absolute atomic E-state index is 6.09. The van der Waals surface area contributed by atoms with Gasteiger partial charge in [0.15, 0.2) is 5.65 Å². The third-order valence-electron chi connectivity index (χ3n) is 1.95. The maximum Gasteiger partial charge on any atom is 0.165 e. The van der Waals surface area contributed by atoms with Crippen molar-refractivity contribution in [2.24, 2.45) is 0 Å². The lowest BCUT2D eigenvalue weighted by Crippen LogP contribution is -1.88. The molecule has 2 aromatic heterocycles. The average Bonchev–Trinajstić information content (AvgIpc) is 2.41. The van der Waals surface area contributed by atoms with Gasteiger partial charge < -0.3 is 0 Å². The first-order chi connectivity index (χ1) is 6.63. The first kappa shape index (κ1) is 10.6. The van der Waals surface area contributed by atoms with Crippen LogP contribution in [-0.4, -0.2) is 14.3 Å². The van der Waals surface area contributed by atoms with Crippen LogP contribution in [0.5, 0.6) is 0 Å². The fourth-order valence-electron chi connectivity index (χ4n) is 1.34. The zero-order valence-corrected chi connectivity index (χ0v) is 11.6. The predicted molar refractivity (Wildman–Crippen MR) is 69.7 cm³/mol. The van der Waals surface area contributed by atoms with Gasteiger partial charge in [-0.15, -0.1) is 0 Å². The second kappa shape index (κ2) is 3.91. The lowest BCUT2D eigenvalue weighted by molar-refractivity contribution is 1.10. The van der Waals surface area contributed by atoms with Crippen LogP contribution in [0.25, 0.3) is 11.2 Å². The van der Waals surface area contributed by atoms with Crippen LogP contribution >= 0.6 is 40.0 Å². The molecule has 2 heterocycles. The maximum atomic E-state index is 6.09. The Hall–Kier alpha value is 0.0700. The highest BCUT2D eigenvalue weighted by molar-refractivity contribution is 14.2. The SMILES string of the molecule is Cc1cc(Cl)c2nc(C)n(PI)c2n1. The highest BCUT2D eigenvalue weighted by Crippen LogP contribution is 2.32.